The third-order valence-corrected chi connectivity index (χ3v) is 7.33. The number of hydrogen-bond acceptors (Lipinski definition) is 6. The summed E-state index contributed by atoms with van der Waals surface area (Å²) in [5.41, 5.74) is 1.66. The molecule has 0 atom stereocenters. The zero-order valence-electron chi connectivity index (χ0n) is 18.5. The van der Waals surface area contributed by atoms with Crippen molar-refractivity contribution in [2.75, 3.05) is 44.3 Å². The van der Waals surface area contributed by atoms with Crippen LogP contribution in [0, 0.1) is 0 Å². The summed E-state index contributed by atoms with van der Waals surface area (Å²) in [6.45, 7) is 7.92. The highest BCUT2D eigenvalue weighted by Crippen LogP contribution is 2.17. The van der Waals surface area contributed by atoms with Gasteiger partial charge >= 0.3 is 0 Å². The van der Waals surface area contributed by atoms with Crippen molar-refractivity contribution >= 4 is 27.8 Å². The quantitative estimate of drug-likeness (QED) is 0.580. The van der Waals surface area contributed by atoms with Crippen LogP contribution in [-0.4, -0.2) is 63.0 Å². The highest BCUT2D eigenvalue weighted by molar-refractivity contribution is 7.89. The standard InChI is InChI=1S/C23H30N4O4S/c1-3-27(4-2)32(29,30)21-9-5-19(6-10-21)8-12-23(28)25-18-20-7-11-22(24-17-20)26-13-15-31-16-14-26/h5-12,17H,3-4,13-16,18H2,1-2H3,(H,25,28)/b12-8+. The van der Waals surface area contributed by atoms with E-state index in [-0.39, 0.29) is 10.8 Å². The molecule has 2 aromatic rings. The number of aromatic nitrogens is 1. The number of carbonyl (C=O) groups is 1. The van der Waals surface area contributed by atoms with Crippen LogP contribution in [0.5, 0.6) is 0 Å². The first-order chi connectivity index (χ1) is 15.4. The van der Waals surface area contributed by atoms with E-state index in [1.54, 1.807) is 36.5 Å². The molecule has 3 rings (SSSR count). The normalized spacial score (nSPS) is 14.8. The molecule has 1 aromatic carbocycles. The van der Waals surface area contributed by atoms with Gasteiger partial charge in [0, 0.05) is 45.0 Å². The summed E-state index contributed by atoms with van der Waals surface area (Å²) in [5, 5.41) is 2.83. The number of pyridine rings is 1. The number of ether oxygens (including phenoxy) is 1. The molecule has 2 heterocycles. The van der Waals surface area contributed by atoms with E-state index in [1.807, 2.05) is 26.0 Å². The Bertz CT molecular complexity index is 1010. The van der Waals surface area contributed by atoms with Crippen LogP contribution in [0.1, 0.15) is 25.0 Å². The van der Waals surface area contributed by atoms with Crippen LogP contribution in [0.2, 0.25) is 0 Å². The number of benzene rings is 1. The van der Waals surface area contributed by atoms with Gasteiger partial charge in [-0.1, -0.05) is 32.0 Å². The third-order valence-electron chi connectivity index (χ3n) is 5.26. The molecule has 0 aliphatic carbocycles. The van der Waals surface area contributed by atoms with E-state index in [0.717, 1.165) is 30.0 Å². The summed E-state index contributed by atoms with van der Waals surface area (Å²) in [5.74, 6) is 0.678. The number of amides is 1. The SMILES string of the molecule is CCN(CC)S(=O)(=O)c1ccc(/C=C/C(=O)NCc2ccc(N3CCOCC3)nc2)cc1. The fraction of sp³-hybridized carbons (Fsp3) is 0.391. The van der Waals surface area contributed by atoms with Gasteiger partial charge in [-0.05, 0) is 35.4 Å². The molecule has 1 saturated heterocycles. The second-order valence-corrected chi connectivity index (χ2v) is 9.27. The maximum absolute atomic E-state index is 12.5. The van der Waals surface area contributed by atoms with E-state index in [0.29, 0.717) is 32.8 Å². The molecule has 32 heavy (non-hydrogen) atoms. The molecule has 1 aliphatic heterocycles. The highest BCUT2D eigenvalue weighted by atomic mass is 32.2. The van der Waals surface area contributed by atoms with Crippen LogP contribution in [0.15, 0.2) is 53.6 Å². The Balaban J connectivity index is 1.52. The summed E-state index contributed by atoms with van der Waals surface area (Å²) in [4.78, 5) is 19.0. The number of nitrogens with zero attached hydrogens (tertiary/aromatic N) is 3. The van der Waals surface area contributed by atoms with Crippen molar-refractivity contribution in [2.45, 2.75) is 25.3 Å². The number of nitrogens with one attached hydrogen (secondary N) is 1. The van der Waals surface area contributed by atoms with E-state index in [9.17, 15) is 13.2 Å². The number of rotatable bonds is 9. The predicted molar refractivity (Wildman–Crippen MR) is 125 cm³/mol. The molecular weight excluding hydrogens is 428 g/mol. The van der Waals surface area contributed by atoms with Gasteiger partial charge in [0.1, 0.15) is 5.82 Å². The molecule has 9 heteroatoms. The highest BCUT2D eigenvalue weighted by Gasteiger charge is 2.21. The lowest BCUT2D eigenvalue weighted by molar-refractivity contribution is -0.116. The Labute approximate surface area is 189 Å². The lowest BCUT2D eigenvalue weighted by atomic mass is 10.2. The molecule has 0 saturated carbocycles. The largest absolute Gasteiger partial charge is 0.378 e. The fourth-order valence-electron chi connectivity index (χ4n) is 3.38. The van der Waals surface area contributed by atoms with E-state index in [4.69, 9.17) is 4.74 Å². The van der Waals surface area contributed by atoms with Crippen LogP contribution in [0.4, 0.5) is 5.82 Å². The molecule has 8 nitrogen and oxygen atoms in total. The molecular formula is C23H30N4O4S. The van der Waals surface area contributed by atoms with E-state index >= 15 is 0 Å². The van der Waals surface area contributed by atoms with Crippen LogP contribution < -0.4 is 10.2 Å². The molecule has 1 aromatic heterocycles. The number of carbonyl (C=O) groups excluding carboxylic acids is 1. The van der Waals surface area contributed by atoms with Crippen LogP contribution >= 0.6 is 0 Å². The van der Waals surface area contributed by atoms with Gasteiger partial charge < -0.3 is 15.0 Å². The van der Waals surface area contributed by atoms with Crippen molar-refractivity contribution in [2.24, 2.45) is 0 Å². The topological polar surface area (TPSA) is 91.8 Å². The first-order valence-corrected chi connectivity index (χ1v) is 12.2. The average Bonchev–Trinajstić information content (AvgIpc) is 2.83. The predicted octanol–water partition coefficient (Wildman–Crippen LogP) is 2.28. The van der Waals surface area contributed by atoms with Gasteiger partial charge in [-0.15, -0.1) is 0 Å². The number of anilines is 1. The number of hydrogen-bond donors (Lipinski definition) is 1. The Morgan fingerprint density at radius 2 is 1.81 bits per heavy atom. The second kappa shape index (κ2) is 11.2. The second-order valence-electron chi connectivity index (χ2n) is 7.33. The number of morpholine rings is 1. The minimum absolute atomic E-state index is 0.234. The molecule has 1 amide bonds. The Hall–Kier alpha value is -2.75. The first kappa shape index (κ1) is 23.9. The molecule has 1 fully saturated rings. The van der Waals surface area contributed by atoms with E-state index in [2.05, 4.69) is 15.2 Å². The van der Waals surface area contributed by atoms with E-state index < -0.39 is 10.0 Å². The summed E-state index contributed by atoms with van der Waals surface area (Å²) >= 11 is 0. The van der Waals surface area contributed by atoms with Crippen molar-refractivity contribution in [3.63, 3.8) is 0 Å². The van der Waals surface area contributed by atoms with Crippen molar-refractivity contribution in [1.82, 2.24) is 14.6 Å². The van der Waals surface area contributed by atoms with Crippen LogP contribution in [-0.2, 0) is 26.1 Å². The van der Waals surface area contributed by atoms with Gasteiger partial charge in [0.05, 0.1) is 18.1 Å². The van der Waals surface area contributed by atoms with Gasteiger partial charge in [-0.3, -0.25) is 4.79 Å². The first-order valence-electron chi connectivity index (χ1n) is 10.8. The van der Waals surface area contributed by atoms with Crippen molar-refractivity contribution < 1.29 is 17.9 Å². The molecule has 0 radical (unpaired) electrons. The van der Waals surface area contributed by atoms with Crippen LogP contribution in [0.3, 0.4) is 0 Å². The lowest BCUT2D eigenvalue weighted by Crippen LogP contribution is -2.36. The van der Waals surface area contributed by atoms with E-state index in [1.165, 1.54) is 10.4 Å². The molecule has 0 unspecified atom stereocenters. The van der Waals surface area contributed by atoms with Crippen molar-refractivity contribution in [3.8, 4) is 0 Å². The van der Waals surface area contributed by atoms with Gasteiger partial charge in [0.25, 0.3) is 0 Å². The van der Waals surface area contributed by atoms with Crippen molar-refractivity contribution in [1.29, 1.82) is 0 Å². The van der Waals surface area contributed by atoms with Gasteiger partial charge in [0.2, 0.25) is 15.9 Å². The zero-order valence-corrected chi connectivity index (χ0v) is 19.3. The Morgan fingerprint density at radius 1 is 1.12 bits per heavy atom. The molecule has 0 bridgehead atoms. The van der Waals surface area contributed by atoms with Crippen molar-refractivity contribution in [3.05, 3.63) is 59.8 Å². The minimum atomic E-state index is -3.48. The third kappa shape index (κ3) is 6.15. The summed E-state index contributed by atoms with van der Waals surface area (Å²) in [7, 11) is -3.48. The lowest BCUT2D eigenvalue weighted by Gasteiger charge is -2.27. The molecule has 172 valence electrons. The molecule has 0 spiro atoms. The molecule has 1 N–H and O–H groups in total. The maximum atomic E-state index is 12.5. The van der Waals surface area contributed by atoms with Gasteiger partial charge in [-0.25, -0.2) is 13.4 Å². The monoisotopic (exact) mass is 458 g/mol. The smallest absolute Gasteiger partial charge is 0.244 e. The number of sulfonamides is 1. The summed E-state index contributed by atoms with van der Waals surface area (Å²) in [6.07, 6.45) is 4.86. The minimum Gasteiger partial charge on any atom is -0.378 e. The average molecular weight is 459 g/mol. The summed E-state index contributed by atoms with van der Waals surface area (Å²) in [6, 6.07) is 10.4. The Morgan fingerprint density at radius 3 is 2.41 bits per heavy atom. The zero-order chi connectivity index (χ0) is 23.0. The maximum Gasteiger partial charge on any atom is 0.244 e. The summed E-state index contributed by atoms with van der Waals surface area (Å²) < 4.78 is 31.8. The molecule has 1 aliphatic rings. The Kier molecular flexibility index (Phi) is 8.38. The fourth-order valence-corrected chi connectivity index (χ4v) is 4.84. The van der Waals surface area contributed by atoms with Crippen LogP contribution in [0.25, 0.3) is 6.08 Å². The van der Waals surface area contributed by atoms with Gasteiger partial charge in [-0.2, -0.15) is 4.31 Å². The van der Waals surface area contributed by atoms with Gasteiger partial charge in [0.15, 0.2) is 0 Å².